The fraction of sp³-hybridized carbons (Fsp3) is 1.00. The molecule has 0 aliphatic carbocycles. The van der Waals surface area contributed by atoms with Gasteiger partial charge in [0.05, 0.1) is 0 Å². The zero-order valence-corrected chi connectivity index (χ0v) is 3.49. The van der Waals surface area contributed by atoms with Gasteiger partial charge in [-0.1, -0.05) is 0 Å². The molecule has 1 rings (SSSR count). The van der Waals surface area contributed by atoms with E-state index in [2.05, 4.69) is 9.78 Å². The molecule has 4 heteroatoms. The van der Waals surface area contributed by atoms with E-state index in [1.807, 2.05) is 0 Å². The van der Waals surface area contributed by atoms with E-state index in [4.69, 9.17) is 0 Å². The Morgan fingerprint density at radius 3 is 1.57 bits per heavy atom. The summed E-state index contributed by atoms with van der Waals surface area (Å²) in [7, 11) is 0. The summed E-state index contributed by atoms with van der Waals surface area (Å²) in [6.45, 7) is -1.83. The number of halogens is 2. The van der Waals surface area contributed by atoms with E-state index < -0.39 is 19.1 Å². The molecule has 0 spiro atoms. The molecule has 0 aromatic carbocycles. The van der Waals surface area contributed by atoms with E-state index in [9.17, 15) is 8.78 Å². The van der Waals surface area contributed by atoms with Crippen molar-refractivity contribution >= 4 is 0 Å². The second kappa shape index (κ2) is 1.38. The fourth-order valence-corrected chi connectivity index (χ4v) is 0.184. The van der Waals surface area contributed by atoms with Gasteiger partial charge in [0, 0.05) is 0 Å². The van der Waals surface area contributed by atoms with Gasteiger partial charge in [0.15, 0.2) is 13.3 Å². The Morgan fingerprint density at radius 2 is 1.57 bits per heavy atom. The van der Waals surface area contributed by atoms with E-state index in [1.165, 1.54) is 0 Å². The van der Waals surface area contributed by atoms with E-state index in [-0.39, 0.29) is 0 Å². The molecular weight excluding hydrogens is 106 g/mol. The van der Waals surface area contributed by atoms with Crippen LogP contribution in [0.3, 0.4) is 0 Å². The number of hydrogen-bond donors (Lipinski definition) is 0. The second-order valence-corrected chi connectivity index (χ2v) is 1.34. The number of alkyl halides is 2. The number of hydrogen-bond acceptors (Lipinski definition) is 2. The van der Waals surface area contributed by atoms with Crippen LogP contribution in [0, 0.1) is 0 Å². The molecule has 1 aliphatic heterocycles. The summed E-state index contributed by atoms with van der Waals surface area (Å²) in [6, 6.07) is 0. The summed E-state index contributed by atoms with van der Waals surface area (Å²) in [5.74, 6) is -1.50. The normalized spacial score (nSPS) is 24.9. The molecule has 0 unspecified atom stereocenters. The lowest BCUT2D eigenvalue weighted by Crippen LogP contribution is -2.14. The minimum Gasteiger partial charge on any atom is -0.245 e. The van der Waals surface area contributed by atoms with Crippen LogP contribution in [0.5, 0.6) is 0 Å². The van der Waals surface area contributed by atoms with Crippen molar-refractivity contribution in [2.45, 2.75) is 5.79 Å². The van der Waals surface area contributed by atoms with Crippen LogP contribution in [0.25, 0.3) is 0 Å². The SMILES string of the molecule is FCC1(CF)OO1. The Bertz CT molecular complexity index is 65.3. The third-order valence-electron chi connectivity index (χ3n) is 0.726. The lowest BCUT2D eigenvalue weighted by molar-refractivity contribution is 0.0850. The molecule has 1 heterocycles. The monoisotopic (exact) mass is 110 g/mol. The van der Waals surface area contributed by atoms with E-state index in [0.717, 1.165) is 0 Å². The van der Waals surface area contributed by atoms with E-state index in [1.54, 1.807) is 0 Å². The van der Waals surface area contributed by atoms with Crippen LogP contribution < -0.4 is 0 Å². The predicted octanol–water partition coefficient (Wildman–Crippen LogP) is 0.584. The summed E-state index contributed by atoms with van der Waals surface area (Å²) < 4.78 is 22.7. The van der Waals surface area contributed by atoms with Gasteiger partial charge in [-0.05, 0) is 0 Å². The van der Waals surface area contributed by atoms with Crippen molar-refractivity contribution in [1.82, 2.24) is 0 Å². The average Bonchev–Trinajstić information content (AvgIpc) is 2.46. The first-order chi connectivity index (χ1) is 3.33. The lowest BCUT2D eigenvalue weighted by atomic mass is 10.4. The molecule has 0 amide bonds. The third-order valence-corrected chi connectivity index (χ3v) is 0.726. The van der Waals surface area contributed by atoms with Crippen LogP contribution >= 0.6 is 0 Å². The molecule has 0 bridgehead atoms. The van der Waals surface area contributed by atoms with Gasteiger partial charge in [-0.25, -0.2) is 8.78 Å². The minimum atomic E-state index is -1.50. The molecule has 0 radical (unpaired) electrons. The van der Waals surface area contributed by atoms with Crippen molar-refractivity contribution in [2.24, 2.45) is 0 Å². The van der Waals surface area contributed by atoms with E-state index in [0.29, 0.717) is 0 Å². The average molecular weight is 110 g/mol. The molecule has 1 saturated heterocycles. The van der Waals surface area contributed by atoms with Crippen molar-refractivity contribution < 1.29 is 18.6 Å². The van der Waals surface area contributed by atoms with Crippen LogP contribution in [-0.2, 0) is 9.78 Å². The zero-order chi connectivity index (χ0) is 5.33. The Labute approximate surface area is 39.0 Å². The summed E-state index contributed by atoms with van der Waals surface area (Å²) >= 11 is 0. The molecule has 1 fully saturated rings. The largest absolute Gasteiger partial charge is 0.289 e. The minimum absolute atomic E-state index is 0.913. The second-order valence-electron chi connectivity index (χ2n) is 1.34. The summed E-state index contributed by atoms with van der Waals surface area (Å²) in [4.78, 5) is 7.89. The van der Waals surface area contributed by atoms with Gasteiger partial charge in [0.25, 0.3) is 5.79 Å². The van der Waals surface area contributed by atoms with E-state index >= 15 is 0 Å². The summed E-state index contributed by atoms with van der Waals surface area (Å²) in [5.41, 5.74) is 0. The quantitative estimate of drug-likeness (QED) is 0.383. The Kier molecular flexibility index (Phi) is 0.972. The Morgan fingerprint density at radius 1 is 1.14 bits per heavy atom. The first-order valence-electron chi connectivity index (χ1n) is 1.82. The number of rotatable bonds is 2. The molecule has 42 valence electrons. The van der Waals surface area contributed by atoms with Gasteiger partial charge in [0.2, 0.25) is 0 Å². The first kappa shape index (κ1) is 4.93. The first-order valence-corrected chi connectivity index (χ1v) is 1.82. The predicted molar refractivity (Wildman–Crippen MR) is 16.9 cm³/mol. The van der Waals surface area contributed by atoms with Gasteiger partial charge < -0.3 is 0 Å². The molecule has 7 heavy (non-hydrogen) atoms. The molecule has 1 aliphatic rings. The van der Waals surface area contributed by atoms with Crippen LogP contribution in [0.15, 0.2) is 0 Å². The Balaban J connectivity index is 2.28. The topological polar surface area (TPSA) is 25.1 Å². The highest BCUT2D eigenvalue weighted by atomic mass is 19.1. The maximum atomic E-state index is 11.3. The van der Waals surface area contributed by atoms with Crippen LogP contribution in [-0.4, -0.2) is 19.1 Å². The van der Waals surface area contributed by atoms with Gasteiger partial charge in [-0.2, -0.15) is 9.78 Å². The molecule has 0 aromatic heterocycles. The van der Waals surface area contributed by atoms with Gasteiger partial charge in [0.1, 0.15) is 0 Å². The molecule has 0 N–H and O–H groups in total. The summed E-state index contributed by atoms with van der Waals surface area (Å²) in [5, 5.41) is 0. The van der Waals surface area contributed by atoms with Gasteiger partial charge in [-0.3, -0.25) is 0 Å². The molecule has 2 nitrogen and oxygen atoms in total. The van der Waals surface area contributed by atoms with Crippen molar-refractivity contribution in [2.75, 3.05) is 13.3 Å². The Hall–Kier alpha value is -0.220. The highest BCUT2D eigenvalue weighted by Crippen LogP contribution is 2.29. The molecule has 0 aromatic rings. The maximum Gasteiger partial charge on any atom is 0.289 e. The van der Waals surface area contributed by atoms with Gasteiger partial charge in [-0.15, -0.1) is 0 Å². The maximum absolute atomic E-state index is 11.3. The van der Waals surface area contributed by atoms with Crippen molar-refractivity contribution in [3.63, 3.8) is 0 Å². The van der Waals surface area contributed by atoms with Crippen molar-refractivity contribution in [3.05, 3.63) is 0 Å². The van der Waals surface area contributed by atoms with Crippen LogP contribution in [0.4, 0.5) is 8.78 Å². The van der Waals surface area contributed by atoms with Crippen molar-refractivity contribution in [1.29, 1.82) is 0 Å². The molecule has 0 saturated carbocycles. The smallest absolute Gasteiger partial charge is 0.245 e. The van der Waals surface area contributed by atoms with Crippen LogP contribution in [0.1, 0.15) is 0 Å². The van der Waals surface area contributed by atoms with Crippen molar-refractivity contribution in [3.8, 4) is 0 Å². The lowest BCUT2D eigenvalue weighted by Gasteiger charge is -1.87. The van der Waals surface area contributed by atoms with Gasteiger partial charge >= 0.3 is 0 Å². The fourth-order valence-electron chi connectivity index (χ4n) is 0.184. The molecule has 0 atom stereocenters. The summed E-state index contributed by atoms with van der Waals surface area (Å²) in [6.07, 6.45) is 0. The molecular formula is C3H4F2O2. The highest BCUT2D eigenvalue weighted by molar-refractivity contribution is 4.70. The highest BCUT2D eigenvalue weighted by Gasteiger charge is 2.49. The van der Waals surface area contributed by atoms with Crippen LogP contribution in [0.2, 0.25) is 0 Å². The standard InChI is InChI=1S/C3H4F2O2/c4-1-3(2-5)6-7-3/h1-2H2. The zero-order valence-electron chi connectivity index (χ0n) is 3.49. The third kappa shape index (κ3) is 0.711.